The molecule has 0 aliphatic rings. The molecule has 1 heterocycles. The summed E-state index contributed by atoms with van der Waals surface area (Å²) in [5, 5.41) is 6.84. The van der Waals surface area contributed by atoms with Crippen molar-refractivity contribution in [2.24, 2.45) is 0 Å². The monoisotopic (exact) mass is 221 g/mol. The van der Waals surface area contributed by atoms with E-state index in [1.165, 1.54) is 10.9 Å². The Hall–Kier alpha value is -1.68. The van der Waals surface area contributed by atoms with E-state index in [1.807, 2.05) is 31.2 Å². The second-order valence-corrected chi connectivity index (χ2v) is 3.50. The molecule has 0 radical (unpaired) electrons. The average molecular weight is 222 g/mol. The third-order valence-corrected chi connectivity index (χ3v) is 2.19. The molecule has 0 unspecified atom stereocenters. The first-order chi connectivity index (χ1) is 7.16. The fourth-order valence-electron chi connectivity index (χ4n) is 1.18. The lowest BCUT2D eigenvalue weighted by Crippen LogP contribution is -1.94. The number of nitrogens with zero attached hydrogens (tertiary/aromatic N) is 3. The summed E-state index contributed by atoms with van der Waals surface area (Å²) in [7, 11) is 0. The summed E-state index contributed by atoms with van der Waals surface area (Å²) in [5.74, 6) is 0. The van der Waals surface area contributed by atoms with Crippen LogP contribution in [-0.4, -0.2) is 20.2 Å². The van der Waals surface area contributed by atoms with Crippen LogP contribution in [0, 0.1) is 6.92 Å². The molecule has 5 heteroatoms. The predicted molar refractivity (Wildman–Crippen MR) is 56.3 cm³/mol. The van der Waals surface area contributed by atoms with Gasteiger partial charge in [-0.1, -0.05) is 22.9 Å². The van der Waals surface area contributed by atoms with Crippen molar-refractivity contribution in [2.45, 2.75) is 6.92 Å². The first-order valence-electron chi connectivity index (χ1n) is 4.36. The minimum Gasteiger partial charge on any atom is -0.274 e. The molecule has 0 saturated carbocycles. The maximum Gasteiger partial charge on any atom is 0.274 e. The number of halogens is 1. The lowest BCUT2D eigenvalue weighted by atomic mass is 10.2. The van der Waals surface area contributed by atoms with Gasteiger partial charge in [0.1, 0.15) is 0 Å². The maximum absolute atomic E-state index is 10.8. The van der Waals surface area contributed by atoms with Gasteiger partial charge in [0.05, 0.1) is 11.9 Å². The molecule has 76 valence electrons. The lowest BCUT2D eigenvalue weighted by Gasteiger charge is -1.99. The van der Waals surface area contributed by atoms with Gasteiger partial charge in [-0.3, -0.25) is 4.79 Å². The van der Waals surface area contributed by atoms with Gasteiger partial charge in [0.2, 0.25) is 0 Å². The van der Waals surface area contributed by atoms with Crippen LogP contribution in [0.4, 0.5) is 0 Å². The zero-order valence-corrected chi connectivity index (χ0v) is 8.77. The van der Waals surface area contributed by atoms with E-state index >= 15 is 0 Å². The van der Waals surface area contributed by atoms with E-state index in [0.717, 1.165) is 11.3 Å². The topological polar surface area (TPSA) is 47.8 Å². The number of carbonyl (C=O) groups is 1. The number of aryl methyl sites for hydroxylation is 1. The number of aromatic nitrogens is 3. The van der Waals surface area contributed by atoms with E-state index in [-0.39, 0.29) is 5.69 Å². The van der Waals surface area contributed by atoms with Crippen LogP contribution in [0.2, 0.25) is 0 Å². The van der Waals surface area contributed by atoms with Crippen LogP contribution in [0.5, 0.6) is 0 Å². The molecule has 0 saturated heterocycles. The smallest absolute Gasteiger partial charge is 0.274 e. The standard InChI is InChI=1S/C10H8ClN3O/c1-7-2-4-8(5-3-7)14-6-9(10(11)15)12-13-14/h2-6H,1H3. The summed E-state index contributed by atoms with van der Waals surface area (Å²) >= 11 is 5.27. The second kappa shape index (κ2) is 3.82. The molecule has 0 fully saturated rings. The van der Waals surface area contributed by atoms with E-state index in [4.69, 9.17) is 11.6 Å². The van der Waals surface area contributed by atoms with Crippen molar-refractivity contribution in [1.82, 2.24) is 15.0 Å². The molecule has 0 atom stereocenters. The van der Waals surface area contributed by atoms with Gasteiger partial charge in [-0.25, -0.2) is 4.68 Å². The number of rotatable bonds is 2. The number of hydrogen-bond donors (Lipinski definition) is 0. The van der Waals surface area contributed by atoms with E-state index in [2.05, 4.69) is 10.3 Å². The van der Waals surface area contributed by atoms with Gasteiger partial charge in [0, 0.05) is 0 Å². The summed E-state index contributed by atoms with van der Waals surface area (Å²) in [4.78, 5) is 10.8. The van der Waals surface area contributed by atoms with E-state index in [1.54, 1.807) is 0 Å². The summed E-state index contributed by atoms with van der Waals surface area (Å²) in [6, 6.07) is 7.71. The third-order valence-electron chi connectivity index (χ3n) is 1.99. The summed E-state index contributed by atoms with van der Waals surface area (Å²) in [6.07, 6.45) is 1.50. The Labute approximate surface area is 91.5 Å². The molecular weight excluding hydrogens is 214 g/mol. The van der Waals surface area contributed by atoms with Crippen LogP contribution in [0.3, 0.4) is 0 Å². The zero-order valence-electron chi connectivity index (χ0n) is 8.01. The molecule has 4 nitrogen and oxygen atoms in total. The molecular formula is C10H8ClN3O. The van der Waals surface area contributed by atoms with Crippen molar-refractivity contribution in [3.63, 3.8) is 0 Å². The minimum atomic E-state index is -0.603. The highest BCUT2D eigenvalue weighted by Gasteiger charge is 2.07. The van der Waals surface area contributed by atoms with Crippen molar-refractivity contribution >= 4 is 16.8 Å². The van der Waals surface area contributed by atoms with E-state index in [9.17, 15) is 4.79 Å². The van der Waals surface area contributed by atoms with Crippen LogP contribution < -0.4 is 0 Å². The Bertz CT molecular complexity index is 490. The number of carbonyl (C=O) groups excluding carboxylic acids is 1. The van der Waals surface area contributed by atoms with Gasteiger partial charge in [0.15, 0.2) is 5.69 Å². The fraction of sp³-hybridized carbons (Fsp3) is 0.100. The molecule has 0 bridgehead atoms. The second-order valence-electron chi connectivity index (χ2n) is 3.16. The van der Waals surface area contributed by atoms with E-state index in [0.29, 0.717) is 0 Å². The van der Waals surface area contributed by atoms with E-state index < -0.39 is 5.24 Å². The number of benzene rings is 1. The van der Waals surface area contributed by atoms with Crippen LogP contribution >= 0.6 is 11.6 Å². The molecule has 0 amide bonds. The highest BCUT2D eigenvalue weighted by molar-refractivity contribution is 6.67. The van der Waals surface area contributed by atoms with Crippen molar-refractivity contribution in [1.29, 1.82) is 0 Å². The lowest BCUT2D eigenvalue weighted by molar-refractivity contribution is 0.107. The van der Waals surface area contributed by atoms with Crippen molar-refractivity contribution in [3.8, 4) is 5.69 Å². The van der Waals surface area contributed by atoms with Crippen LogP contribution in [-0.2, 0) is 0 Å². The van der Waals surface area contributed by atoms with Gasteiger partial charge < -0.3 is 0 Å². The van der Waals surface area contributed by atoms with Gasteiger partial charge in [-0.15, -0.1) is 5.10 Å². The first kappa shape index (κ1) is 9.86. The third kappa shape index (κ3) is 2.05. The van der Waals surface area contributed by atoms with Gasteiger partial charge in [-0.05, 0) is 30.7 Å². The first-order valence-corrected chi connectivity index (χ1v) is 4.74. The number of hydrogen-bond acceptors (Lipinski definition) is 3. The molecule has 1 aromatic heterocycles. The molecule has 2 rings (SSSR count). The quantitative estimate of drug-likeness (QED) is 0.729. The highest BCUT2D eigenvalue weighted by atomic mass is 35.5. The molecule has 1 aromatic carbocycles. The molecule has 0 spiro atoms. The van der Waals surface area contributed by atoms with Crippen LogP contribution in [0.15, 0.2) is 30.5 Å². The molecule has 0 N–H and O–H groups in total. The fourth-order valence-corrected chi connectivity index (χ4v) is 1.26. The molecule has 0 aliphatic carbocycles. The Morgan fingerprint density at radius 2 is 2.00 bits per heavy atom. The van der Waals surface area contributed by atoms with Gasteiger partial charge >= 0.3 is 0 Å². The SMILES string of the molecule is Cc1ccc(-n2cc(C(=O)Cl)nn2)cc1. The van der Waals surface area contributed by atoms with Crippen molar-refractivity contribution < 1.29 is 4.79 Å². The molecule has 15 heavy (non-hydrogen) atoms. The zero-order chi connectivity index (χ0) is 10.8. The summed E-state index contributed by atoms with van der Waals surface area (Å²) < 4.78 is 1.51. The molecule has 2 aromatic rings. The average Bonchev–Trinajstić information content (AvgIpc) is 2.68. The van der Waals surface area contributed by atoms with Gasteiger partial charge in [0.25, 0.3) is 5.24 Å². The summed E-state index contributed by atoms with van der Waals surface area (Å²) in [5.41, 5.74) is 2.15. The largest absolute Gasteiger partial charge is 0.274 e. The Balaban J connectivity index is 2.37. The Morgan fingerprint density at radius 3 is 2.53 bits per heavy atom. The van der Waals surface area contributed by atoms with Crippen molar-refractivity contribution in [2.75, 3.05) is 0 Å². The Morgan fingerprint density at radius 1 is 1.33 bits per heavy atom. The van der Waals surface area contributed by atoms with Crippen LogP contribution in [0.1, 0.15) is 16.1 Å². The van der Waals surface area contributed by atoms with Gasteiger partial charge in [-0.2, -0.15) is 0 Å². The Kier molecular flexibility index (Phi) is 2.51. The highest BCUT2D eigenvalue weighted by Crippen LogP contribution is 2.09. The predicted octanol–water partition coefficient (Wildman–Crippen LogP) is 1.95. The normalized spacial score (nSPS) is 10.3. The summed E-state index contributed by atoms with van der Waals surface area (Å²) in [6.45, 7) is 2.00. The van der Waals surface area contributed by atoms with Crippen LogP contribution in [0.25, 0.3) is 5.69 Å². The minimum absolute atomic E-state index is 0.150. The van der Waals surface area contributed by atoms with Crippen molar-refractivity contribution in [3.05, 3.63) is 41.7 Å². The molecule has 0 aliphatic heterocycles. The maximum atomic E-state index is 10.8.